The minimum absolute atomic E-state index is 0.141. The zero-order chi connectivity index (χ0) is 19.2. The Bertz CT molecular complexity index is 585. The van der Waals surface area contributed by atoms with Crippen LogP contribution in [0, 0.1) is 5.92 Å². The van der Waals surface area contributed by atoms with E-state index in [2.05, 4.69) is 4.98 Å². The second kappa shape index (κ2) is 9.33. The lowest BCUT2D eigenvalue weighted by Gasteiger charge is -2.30. The first kappa shape index (κ1) is 20.6. The van der Waals surface area contributed by atoms with Crippen LogP contribution in [0.1, 0.15) is 64.5 Å². The molecule has 26 heavy (non-hydrogen) atoms. The second-order valence-corrected chi connectivity index (χ2v) is 7.86. The lowest BCUT2D eigenvalue weighted by atomic mass is 9.84. The molecule has 146 valence electrons. The molecule has 0 bridgehead atoms. The van der Waals surface area contributed by atoms with Crippen molar-refractivity contribution in [1.29, 1.82) is 0 Å². The molecule has 2 rings (SSSR count). The van der Waals surface area contributed by atoms with Gasteiger partial charge in [-0.05, 0) is 44.1 Å². The monoisotopic (exact) mass is 364 g/mol. The molecular formula is C20H32N2O4. The van der Waals surface area contributed by atoms with Crippen molar-refractivity contribution in [2.45, 2.75) is 83.0 Å². The Morgan fingerprint density at radius 2 is 2.00 bits per heavy atom. The molecule has 2 atom stereocenters. The highest BCUT2D eigenvalue weighted by Crippen LogP contribution is 2.25. The van der Waals surface area contributed by atoms with Crippen LogP contribution in [-0.4, -0.2) is 38.9 Å². The number of aromatic nitrogens is 1. The fraction of sp³-hybridized carbons (Fsp3) is 0.700. The van der Waals surface area contributed by atoms with Crippen LogP contribution >= 0.6 is 0 Å². The molecule has 0 radical (unpaired) electrons. The number of carbonyl (C=O) groups is 1. The summed E-state index contributed by atoms with van der Waals surface area (Å²) in [6, 6.07) is 2.64. The van der Waals surface area contributed by atoms with Gasteiger partial charge in [0.1, 0.15) is 5.75 Å². The van der Waals surface area contributed by atoms with Gasteiger partial charge in [0.2, 0.25) is 0 Å². The number of nitrogens with two attached hydrogens (primary N) is 1. The van der Waals surface area contributed by atoms with Crippen LogP contribution < -0.4 is 10.5 Å². The molecule has 0 saturated heterocycles. The molecule has 0 spiro atoms. The quantitative estimate of drug-likeness (QED) is 0.613. The van der Waals surface area contributed by atoms with E-state index in [1.165, 1.54) is 25.7 Å². The van der Waals surface area contributed by atoms with E-state index in [1.54, 1.807) is 18.3 Å². The zero-order valence-corrected chi connectivity index (χ0v) is 15.9. The molecule has 1 aliphatic carbocycles. The maximum absolute atomic E-state index is 11.7. The summed E-state index contributed by atoms with van der Waals surface area (Å²) in [6.45, 7) is 3.89. The third-order valence-corrected chi connectivity index (χ3v) is 5.05. The normalized spacial score (nSPS) is 19.6. The minimum Gasteiger partial charge on any atom is -0.490 e. The number of nitrogens with zero attached hydrogens (tertiary/aromatic N) is 1. The van der Waals surface area contributed by atoms with Gasteiger partial charge in [0, 0.05) is 30.4 Å². The van der Waals surface area contributed by atoms with Crippen molar-refractivity contribution in [3.05, 3.63) is 24.0 Å². The van der Waals surface area contributed by atoms with E-state index in [4.69, 9.17) is 10.5 Å². The predicted octanol–water partition coefficient (Wildman–Crippen LogP) is 2.91. The highest BCUT2D eigenvalue weighted by atomic mass is 16.5. The highest BCUT2D eigenvalue weighted by Gasteiger charge is 2.43. The maximum atomic E-state index is 11.7. The van der Waals surface area contributed by atoms with Gasteiger partial charge in [-0.1, -0.05) is 26.7 Å². The van der Waals surface area contributed by atoms with Gasteiger partial charge in [-0.25, -0.2) is 4.79 Å². The van der Waals surface area contributed by atoms with Crippen molar-refractivity contribution in [3.8, 4) is 5.75 Å². The number of aliphatic carboxylic acids is 1. The Labute approximate surface area is 155 Å². The zero-order valence-electron chi connectivity index (χ0n) is 15.9. The number of carboxylic acid groups (broad SMARTS) is 1. The van der Waals surface area contributed by atoms with E-state index < -0.39 is 17.6 Å². The van der Waals surface area contributed by atoms with Gasteiger partial charge < -0.3 is 20.7 Å². The molecule has 6 nitrogen and oxygen atoms in total. The Hall–Kier alpha value is -1.66. The van der Waals surface area contributed by atoms with E-state index in [0.29, 0.717) is 17.9 Å². The molecule has 1 aromatic heterocycles. The van der Waals surface area contributed by atoms with Crippen molar-refractivity contribution < 1.29 is 19.7 Å². The SMILES string of the molecule is CC(C)C[C@H](N)C(O)(Cc1cc(OC2CCCCCC2)ccn1)C(=O)O. The Kier molecular flexibility index (Phi) is 7.41. The van der Waals surface area contributed by atoms with Crippen molar-refractivity contribution in [1.82, 2.24) is 4.98 Å². The summed E-state index contributed by atoms with van der Waals surface area (Å²) in [7, 11) is 0. The van der Waals surface area contributed by atoms with Gasteiger partial charge in [0.25, 0.3) is 0 Å². The summed E-state index contributed by atoms with van der Waals surface area (Å²) in [6.07, 6.45) is 8.98. The first-order chi connectivity index (χ1) is 12.3. The van der Waals surface area contributed by atoms with Crippen molar-refractivity contribution in [3.63, 3.8) is 0 Å². The van der Waals surface area contributed by atoms with Crippen LogP contribution in [0.2, 0.25) is 0 Å². The molecule has 1 aromatic rings. The van der Waals surface area contributed by atoms with E-state index in [0.717, 1.165) is 12.8 Å². The van der Waals surface area contributed by atoms with Crippen LogP contribution in [0.3, 0.4) is 0 Å². The maximum Gasteiger partial charge on any atom is 0.337 e. The first-order valence-corrected chi connectivity index (χ1v) is 9.64. The molecule has 1 unspecified atom stereocenters. The van der Waals surface area contributed by atoms with Crippen LogP contribution in [0.4, 0.5) is 0 Å². The Morgan fingerprint density at radius 3 is 2.58 bits per heavy atom. The predicted molar refractivity (Wildman–Crippen MR) is 100 cm³/mol. The van der Waals surface area contributed by atoms with Crippen LogP contribution in [0.15, 0.2) is 18.3 Å². The summed E-state index contributed by atoms with van der Waals surface area (Å²) in [4.78, 5) is 15.9. The van der Waals surface area contributed by atoms with Crippen molar-refractivity contribution in [2.24, 2.45) is 11.7 Å². The molecule has 0 aliphatic heterocycles. The fourth-order valence-electron chi connectivity index (χ4n) is 3.52. The number of hydrogen-bond donors (Lipinski definition) is 3. The van der Waals surface area contributed by atoms with Crippen LogP contribution in [-0.2, 0) is 11.2 Å². The Balaban J connectivity index is 2.10. The second-order valence-electron chi connectivity index (χ2n) is 7.86. The summed E-state index contributed by atoms with van der Waals surface area (Å²) in [5.74, 6) is -0.455. The number of aliphatic hydroxyl groups is 1. The molecule has 1 aliphatic rings. The topological polar surface area (TPSA) is 106 Å². The molecule has 4 N–H and O–H groups in total. The van der Waals surface area contributed by atoms with Gasteiger partial charge in [-0.15, -0.1) is 0 Å². The molecule has 0 aromatic carbocycles. The lowest BCUT2D eigenvalue weighted by Crippen LogP contribution is -2.56. The van der Waals surface area contributed by atoms with E-state index in [9.17, 15) is 15.0 Å². The standard InChI is InChI=1S/C20H32N2O4/c1-14(2)11-18(21)20(25,19(23)24)13-15-12-17(9-10-22-15)26-16-7-5-3-4-6-8-16/h9-10,12,14,16,18,25H,3-8,11,13,21H2,1-2H3,(H,23,24)/t18-,20?/m0/s1. The average Bonchev–Trinajstić information content (AvgIpc) is 2.83. The molecule has 1 fully saturated rings. The van der Waals surface area contributed by atoms with E-state index in [-0.39, 0.29) is 18.4 Å². The molecule has 1 saturated carbocycles. The van der Waals surface area contributed by atoms with Gasteiger partial charge in [-0.2, -0.15) is 0 Å². The third-order valence-electron chi connectivity index (χ3n) is 5.05. The Morgan fingerprint density at radius 1 is 1.35 bits per heavy atom. The van der Waals surface area contributed by atoms with E-state index in [1.807, 2.05) is 13.8 Å². The first-order valence-electron chi connectivity index (χ1n) is 9.64. The minimum atomic E-state index is -2.04. The molecule has 1 heterocycles. The summed E-state index contributed by atoms with van der Waals surface area (Å²) >= 11 is 0. The fourth-order valence-corrected chi connectivity index (χ4v) is 3.52. The smallest absolute Gasteiger partial charge is 0.337 e. The van der Waals surface area contributed by atoms with Crippen LogP contribution in [0.25, 0.3) is 0 Å². The summed E-state index contributed by atoms with van der Waals surface area (Å²) in [5.41, 5.74) is 4.45. The van der Waals surface area contributed by atoms with Crippen LogP contribution in [0.5, 0.6) is 5.75 Å². The molecule has 6 heteroatoms. The molecule has 0 amide bonds. The lowest BCUT2D eigenvalue weighted by molar-refractivity contribution is -0.161. The van der Waals surface area contributed by atoms with Crippen molar-refractivity contribution >= 4 is 5.97 Å². The highest BCUT2D eigenvalue weighted by molar-refractivity contribution is 5.78. The van der Waals surface area contributed by atoms with Gasteiger partial charge in [0.15, 0.2) is 5.60 Å². The number of carboxylic acids is 1. The van der Waals surface area contributed by atoms with Gasteiger partial charge in [0.05, 0.1) is 6.10 Å². The summed E-state index contributed by atoms with van der Waals surface area (Å²) in [5, 5.41) is 20.3. The summed E-state index contributed by atoms with van der Waals surface area (Å²) < 4.78 is 6.08. The largest absolute Gasteiger partial charge is 0.490 e. The number of rotatable bonds is 8. The molecular weight excluding hydrogens is 332 g/mol. The third kappa shape index (κ3) is 5.68. The number of hydrogen-bond acceptors (Lipinski definition) is 5. The van der Waals surface area contributed by atoms with Gasteiger partial charge >= 0.3 is 5.97 Å². The van der Waals surface area contributed by atoms with E-state index >= 15 is 0 Å². The number of pyridine rings is 1. The van der Waals surface area contributed by atoms with Gasteiger partial charge in [-0.3, -0.25) is 4.98 Å². The van der Waals surface area contributed by atoms with Crippen molar-refractivity contribution in [2.75, 3.05) is 0 Å². The number of ether oxygens (including phenoxy) is 1. The average molecular weight is 364 g/mol.